The number of carbonyl (C=O) groups is 2. The molecule has 0 aromatic heterocycles. The molecule has 128 valence electrons. The summed E-state index contributed by atoms with van der Waals surface area (Å²) >= 11 is 1.51. The average Bonchev–Trinajstić information content (AvgIpc) is 3.38. The van der Waals surface area contributed by atoms with Crippen LogP contribution in [-0.4, -0.2) is 17.6 Å². The van der Waals surface area contributed by atoms with E-state index in [1.165, 1.54) is 23.9 Å². The second kappa shape index (κ2) is 6.52. The van der Waals surface area contributed by atoms with Crippen molar-refractivity contribution in [3.05, 3.63) is 59.9 Å². The maximum absolute atomic E-state index is 13.5. The summed E-state index contributed by atoms with van der Waals surface area (Å²) in [6.45, 7) is 0. The number of hydrogen-bond acceptors (Lipinski definition) is 3. The second-order valence-corrected chi connectivity index (χ2v) is 7.36. The fourth-order valence-electron chi connectivity index (χ4n) is 2.90. The average molecular weight is 356 g/mol. The summed E-state index contributed by atoms with van der Waals surface area (Å²) in [5.74, 6) is 0.193. The Morgan fingerprint density at radius 3 is 2.60 bits per heavy atom. The zero-order valence-corrected chi connectivity index (χ0v) is 14.3. The van der Waals surface area contributed by atoms with E-state index >= 15 is 0 Å². The van der Waals surface area contributed by atoms with E-state index < -0.39 is 0 Å². The van der Waals surface area contributed by atoms with Crippen LogP contribution in [0.5, 0.6) is 0 Å². The van der Waals surface area contributed by atoms with Crippen molar-refractivity contribution in [2.45, 2.75) is 18.2 Å². The molecule has 1 saturated carbocycles. The number of amides is 2. The Labute approximate surface area is 149 Å². The van der Waals surface area contributed by atoms with Crippen LogP contribution in [-0.2, 0) is 9.59 Å². The van der Waals surface area contributed by atoms with Crippen LogP contribution in [0.4, 0.5) is 15.8 Å². The Morgan fingerprint density at radius 2 is 1.92 bits per heavy atom. The molecule has 1 aliphatic carbocycles. The maximum Gasteiger partial charge on any atom is 0.238 e. The van der Waals surface area contributed by atoms with Gasteiger partial charge in [0.15, 0.2) is 0 Å². The Bertz CT molecular complexity index is 820. The van der Waals surface area contributed by atoms with E-state index in [2.05, 4.69) is 5.32 Å². The molecule has 0 bridgehead atoms. The van der Waals surface area contributed by atoms with Gasteiger partial charge in [0, 0.05) is 17.3 Å². The Kier molecular flexibility index (Phi) is 4.21. The van der Waals surface area contributed by atoms with E-state index in [1.807, 2.05) is 24.3 Å². The molecule has 2 fully saturated rings. The first-order valence-electron chi connectivity index (χ1n) is 8.22. The van der Waals surface area contributed by atoms with Gasteiger partial charge in [-0.05, 0) is 48.7 Å². The van der Waals surface area contributed by atoms with Gasteiger partial charge in [0.2, 0.25) is 11.8 Å². The summed E-state index contributed by atoms with van der Waals surface area (Å²) in [4.78, 5) is 25.7. The molecule has 2 aliphatic rings. The molecule has 25 heavy (non-hydrogen) atoms. The molecule has 6 heteroatoms. The van der Waals surface area contributed by atoms with Crippen molar-refractivity contribution in [1.29, 1.82) is 0 Å². The SMILES string of the molecule is O=C(Nc1ccc([C@H]2SCC(=O)N2c2cccc(F)c2)cc1)C1CC1. The summed E-state index contributed by atoms with van der Waals surface area (Å²) in [5.41, 5.74) is 2.27. The molecule has 4 nitrogen and oxygen atoms in total. The molecule has 4 rings (SSSR count). The van der Waals surface area contributed by atoms with E-state index in [1.54, 1.807) is 17.0 Å². The fraction of sp³-hybridized carbons (Fsp3) is 0.263. The number of carbonyl (C=O) groups excluding carboxylic acids is 2. The maximum atomic E-state index is 13.5. The summed E-state index contributed by atoms with van der Waals surface area (Å²) in [6, 6.07) is 13.6. The Balaban J connectivity index is 1.55. The van der Waals surface area contributed by atoms with Gasteiger partial charge in [-0.15, -0.1) is 11.8 Å². The lowest BCUT2D eigenvalue weighted by Crippen LogP contribution is -2.27. The van der Waals surface area contributed by atoms with Crippen LogP contribution in [0, 0.1) is 11.7 Å². The third-order valence-corrected chi connectivity index (χ3v) is 5.58. The summed E-state index contributed by atoms with van der Waals surface area (Å²) in [5, 5.41) is 2.71. The molecule has 0 spiro atoms. The first-order chi connectivity index (χ1) is 12.1. The van der Waals surface area contributed by atoms with E-state index in [0.717, 1.165) is 24.1 Å². The van der Waals surface area contributed by atoms with Gasteiger partial charge >= 0.3 is 0 Å². The first-order valence-corrected chi connectivity index (χ1v) is 9.27. The highest BCUT2D eigenvalue weighted by molar-refractivity contribution is 8.00. The van der Waals surface area contributed by atoms with Crippen LogP contribution in [0.2, 0.25) is 0 Å². The molecule has 2 amide bonds. The molecular weight excluding hydrogens is 339 g/mol. The van der Waals surface area contributed by atoms with Gasteiger partial charge in [0.1, 0.15) is 11.2 Å². The summed E-state index contributed by atoms with van der Waals surface area (Å²) < 4.78 is 13.5. The van der Waals surface area contributed by atoms with Crippen molar-refractivity contribution in [3.63, 3.8) is 0 Å². The van der Waals surface area contributed by atoms with Crippen LogP contribution in [0.25, 0.3) is 0 Å². The van der Waals surface area contributed by atoms with Crippen LogP contribution in [0.15, 0.2) is 48.5 Å². The highest BCUT2D eigenvalue weighted by Gasteiger charge is 2.34. The monoisotopic (exact) mass is 356 g/mol. The molecule has 2 aromatic carbocycles. The minimum atomic E-state index is -0.362. The van der Waals surface area contributed by atoms with Crippen LogP contribution < -0.4 is 10.2 Å². The van der Waals surface area contributed by atoms with E-state index in [4.69, 9.17) is 0 Å². The molecule has 1 aliphatic heterocycles. The van der Waals surface area contributed by atoms with Crippen LogP contribution >= 0.6 is 11.8 Å². The van der Waals surface area contributed by atoms with Gasteiger partial charge in [-0.25, -0.2) is 4.39 Å². The lowest BCUT2D eigenvalue weighted by Gasteiger charge is -2.24. The van der Waals surface area contributed by atoms with Gasteiger partial charge in [-0.3, -0.25) is 14.5 Å². The number of hydrogen-bond donors (Lipinski definition) is 1. The zero-order chi connectivity index (χ0) is 17.4. The van der Waals surface area contributed by atoms with Crippen molar-refractivity contribution in [1.82, 2.24) is 0 Å². The van der Waals surface area contributed by atoms with Crippen molar-refractivity contribution in [2.24, 2.45) is 5.92 Å². The van der Waals surface area contributed by atoms with Crippen molar-refractivity contribution in [2.75, 3.05) is 16.0 Å². The van der Waals surface area contributed by atoms with E-state index in [-0.39, 0.29) is 28.9 Å². The van der Waals surface area contributed by atoms with Crippen LogP contribution in [0.1, 0.15) is 23.8 Å². The number of nitrogens with zero attached hydrogens (tertiary/aromatic N) is 1. The summed E-state index contributed by atoms with van der Waals surface area (Å²) in [6.07, 6.45) is 1.93. The zero-order valence-electron chi connectivity index (χ0n) is 13.4. The molecule has 1 saturated heterocycles. The number of halogens is 1. The highest BCUT2D eigenvalue weighted by atomic mass is 32.2. The normalized spacial score (nSPS) is 20.0. The lowest BCUT2D eigenvalue weighted by molar-refractivity contribution is -0.117. The van der Waals surface area contributed by atoms with Gasteiger partial charge in [0.25, 0.3) is 0 Å². The fourth-order valence-corrected chi connectivity index (χ4v) is 4.07. The molecule has 2 aromatic rings. The number of nitrogens with one attached hydrogen (secondary N) is 1. The second-order valence-electron chi connectivity index (χ2n) is 6.29. The number of benzene rings is 2. The minimum absolute atomic E-state index is 0.0355. The van der Waals surface area contributed by atoms with E-state index in [0.29, 0.717) is 11.4 Å². The lowest BCUT2D eigenvalue weighted by atomic mass is 10.1. The molecule has 1 heterocycles. The van der Waals surface area contributed by atoms with Gasteiger partial charge < -0.3 is 5.32 Å². The minimum Gasteiger partial charge on any atom is -0.326 e. The molecular formula is C19H17FN2O2S. The first kappa shape index (κ1) is 16.1. The standard InChI is InChI=1S/C19H17FN2O2S/c20-14-2-1-3-16(10-14)22-17(23)11-25-19(22)13-6-8-15(9-7-13)21-18(24)12-4-5-12/h1-3,6-10,12,19H,4-5,11H2,(H,21,24)/t19-/m1/s1. The van der Waals surface area contributed by atoms with Crippen molar-refractivity contribution < 1.29 is 14.0 Å². The van der Waals surface area contributed by atoms with Gasteiger partial charge in [-0.2, -0.15) is 0 Å². The van der Waals surface area contributed by atoms with Crippen LogP contribution in [0.3, 0.4) is 0 Å². The molecule has 0 radical (unpaired) electrons. The quantitative estimate of drug-likeness (QED) is 0.902. The number of thioether (sulfide) groups is 1. The van der Waals surface area contributed by atoms with Crippen molar-refractivity contribution in [3.8, 4) is 0 Å². The highest BCUT2D eigenvalue weighted by Crippen LogP contribution is 2.42. The predicted octanol–water partition coefficient (Wildman–Crippen LogP) is 3.95. The summed E-state index contributed by atoms with van der Waals surface area (Å²) in [7, 11) is 0. The Hall–Kier alpha value is -2.34. The number of rotatable bonds is 4. The smallest absolute Gasteiger partial charge is 0.238 e. The van der Waals surface area contributed by atoms with Gasteiger partial charge in [-0.1, -0.05) is 18.2 Å². The molecule has 0 unspecified atom stereocenters. The van der Waals surface area contributed by atoms with Crippen molar-refractivity contribution >= 4 is 35.0 Å². The third-order valence-electron chi connectivity index (χ3n) is 4.37. The van der Waals surface area contributed by atoms with E-state index in [9.17, 15) is 14.0 Å². The molecule has 1 N–H and O–H groups in total. The third kappa shape index (κ3) is 3.39. The molecule has 1 atom stereocenters. The largest absolute Gasteiger partial charge is 0.326 e. The van der Waals surface area contributed by atoms with Gasteiger partial charge in [0.05, 0.1) is 5.75 Å². The number of anilines is 2. The topological polar surface area (TPSA) is 49.4 Å². The predicted molar refractivity (Wildman–Crippen MR) is 96.9 cm³/mol. The Morgan fingerprint density at radius 1 is 1.16 bits per heavy atom.